The van der Waals surface area contributed by atoms with Gasteiger partial charge in [0.25, 0.3) is 0 Å². The van der Waals surface area contributed by atoms with E-state index in [0.717, 1.165) is 5.56 Å². The lowest BCUT2D eigenvalue weighted by atomic mass is 9.99. The maximum Gasteiger partial charge on any atom is 0.187 e. The molecule has 10 heteroatoms. The van der Waals surface area contributed by atoms with Gasteiger partial charge in [0, 0.05) is 0 Å². The number of hydrogen-bond acceptors (Lipinski definition) is 10. The predicted octanol–water partition coefficient (Wildman–Crippen LogP) is -2.53. The molecule has 1 aromatic carbocycles. The normalized spacial score (nSPS) is 41.3. The van der Waals surface area contributed by atoms with Gasteiger partial charge in [0.15, 0.2) is 12.6 Å². The van der Waals surface area contributed by atoms with Gasteiger partial charge in [0.1, 0.15) is 36.1 Å². The smallest absolute Gasteiger partial charge is 0.187 e. The van der Waals surface area contributed by atoms with Gasteiger partial charge in [-0.1, -0.05) is 30.3 Å². The Morgan fingerprint density at radius 3 is 2.32 bits per heavy atom. The van der Waals surface area contributed by atoms with E-state index in [-0.39, 0.29) is 19.8 Å². The van der Waals surface area contributed by atoms with Gasteiger partial charge in [0.05, 0.1) is 26.4 Å². The lowest BCUT2D eigenvalue weighted by molar-refractivity contribution is -0.312. The fourth-order valence-electron chi connectivity index (χ4n) is 3.07. The fraction of sp³-hybridized carbons (Fsp3) is 0.667. The van der Waals surface area contributed by atoms with Gasteiger partial charge in [-0.05, 0) is 5.56 Å². The molecule has 8 atom stereocenters. The first kappa shape index (κ1) is 21.5. The van der Waals surface area contributed by atoms with E-state index < -0.39 is 55.3 Å². The van der Waals surface area contributed by atoms with Crippen LogP contribution in [0.25, 0.3) is 0 Å². The molecule has 2 aliphatic rings. The Bertz CT molecular complexity index is 616. The molecule has 6 N–H and O–H groups in total. The molecule has 2 aliphatic heterocycles. The second-order valence-electron chi connectivity index (χ2n) is 7.03. The van der Waals surface area contributed by atoms with E-state index in [4.69, 9.17) is 24.1 Å². The number of benzene rings is 1. The zero-order valence-electron chi connectivity index (χ0n) is 15.1. The maximum absolute atomic E-state index is 10.1. The van der Waals surface area contributed by atoms with Crippen LogP contribution in [0.2, 0.25) is 0 Å². The maximum atomic E-state index is 10.1. The summed E-state index contributed by atoms with van der Waals surface area (Å²) in [6.07, 6.45) is -9.52. The van der Waals surface area contributed by atoms with Crippen molar-refractivity contribution in [3.8, 4) is 0 Å². The Balaban J connectivity index is 1.56. The second kappa shape index (κ2) is 9.09. The van der Waals surface area contributed by atoms with Crippen molar-refractivity contribution in [1.29, 1.82) is 0 Å². The molecule has 2 fully saturated rings. The molecule has 0 aromatic heterocycles. The van der Waals surface area contributed by atoms with E-state index in [2.05, 4.69) is 0 Å². The average Bonchev–Trinajstić information content (AvgIpc) is 3.00. The third kappa shape index (κ3) is 4.52. The standard InChI is InChI=1S/C18H26O10/c19-8-18(24)9-27-17(15(18)23)26-7-11-12(20)13(21)14(22)16(28-11)25-6-10-4-2-1-3-5-10/h1-5,11-17,19-24H,6-9H2. The van der Waals surface area contributed by atoms with Crippen molar-refractivity contribution in [2.75, 3.05) is 19.8 Å². The minimum atomic E-state index is -1.84. The molecule has 2 heterocycles. The molecule has 0 aliphatic carbocycles. The molecule has 2 saturated heterocycles. The molecule has 1 aromatic rings. The summed E-state index contributed by atoms with van der Waals surface area (Å²) in [6.45, 7) is -1.24. The summed E-state index contributed by atoms with van der Waals surface area (Å²) in [4.78, 5) is 0. The topological polar surface area (TPSA) is 158 Å². The van der Waals surface area contributed by atoms with Crippen LogP contribution in [0.5, 0.6) is 0 Å². The quantitative estimate of drug-likeness (QED) is 0.287. The monoisotopic (exact) mass is 402 g/mol. The highest BCUT2D eigenvalue weighted by Gasteiger charge is 2.50. The van der Waals surface area contributed by atoms with Crippen molar-refractivity contribution in [1.82, 2.24) is 0 Å². The molecule has 0 amide bonds. The van der Waals surface area contributed by atoms with Crippen molar-refractivity contribution in [2.24, 2.45) is 0 Å². The van der Waals surface area contributed by atoms with Crippen molar-refractivity contribution in [3.63, 3.8) is 0 Å². The molecule has 8 unspecified atom stereocenters. The first-order valence-corrected chi connectivity index (χ1v) is 8.95. The largest absolute Gasteiger partial charge is 0.393 e. The summed E-state index contributed by atoms with van der Waals surface area (Å²) >= 11 is 0. The Hall–Kier alpha value is -1.18. The van der Waals surface area contributed by atoms with Crippen molar-refractivity contribution in [2.45, 2.75) is 55.3 Å². The minimum absolute atomic E-state index is 0.118. The zero-order valence-corrected chi connectivity index (χ0v) is 15.1. The number of hydrogen-bond donors (Lipinski definition) is 6. The SMILES string of the molecule is OCC1(O)COC(OCC2OC(OCc3ccccc3)C(O)C(O)C2O)C1O. The number of rotatable bonds is 7. The predicted molar refractivity (Wildman–Crippen MR) is 91.6 cm³/mol. The van der Waals surface area contributed by atoms with Gasteiger partial charge in [-0.2, -0.15) is 0 Å². The molecular weight excluding hydrogens is 376 g/mol. The first-order chi connectivity index (χ1) is 13.4. The van der Waals surface area contributed by atoms with E-state index in [1.807, 2.05) is 30.3 Å². The van der Waals surface area contributed by atoms with E-state index in [0.29, 0.717) is 0 Å². The molecule has 0 saturated carbocycles. The third-order valence-corrected chi connectivity index (χ3v) is 4.93. The first-order valence-electron chi connectivity index (χ1n) is 8.95. The van der Waals surface area contributed by atoms with Crippen LogP contribution in [0, 0.1) is 0 Å². The fourth-order valence-corrected chi connectivity index (χ4v) is 3.07. The van der Waals surface area contributed by atoms with Crippen LogP contribution in [0.1, 0.15) is 5.56 Å². The summed E-state index contributed by atoms with van der Waals surface area (Å²) < 4.78 is 21.5. The van der Waals surface area contributed by atoms with Gasteiger partial charge in [0.2, 0.25) is 0 Å². The molecule has 3 rings (SSSR count). The van der Waals surface area contributed by atoms with Crippen molar-refractivity contribution < 1.29 is 49.6 Å². The number of ether oxygens (including phenoxy) is 4. The lowest BCUT2D eigenvalue weighted by Gasteiger charge is -2.40. The van der Waals surface area contributed by atoms with Gasteiger partial charge < -0.3 is 49.6 Å². The third-order valence-electron chi connectivity index (χ3n) is 4.93. The Morgan fingerprint density at radius 1 is 0.964 bits per heavy atom. The summed E-state index contributed by atoms with van der Waals surface area (Å²) in [7, 11) is 0. The number of aliphatic hydroxyl groups is 6. The van der Waals surface area contributed by atoms with E-state index in [9.17, 15) is 25.5 Å². The Kier molecular flexibility index (Phi) is 6.99. The van der Waals surface area contributed by atoms with Crippen molar-refractivity contribution in [3.05, 3.63) is 35.9 Å². The van der Waals surface area contributed by atoms with Crippen LogP contribution in [0.3, 0.4) is 0 Å². The van der Waals surface area contributed by atoms with Gasteiger partial charge in [-0.3, -0.25) is 0 Å². The molecule has 10 nitrogen and oxygen atoms in total. The Morgan fingerprint density at radius 2 is 1.68 bits per heavy atom. The average molecular weight is 402 g/mol. The van der Waals surface area contributed by atoms with Gasteiger partial charge in [-0.25, -0.2) is 0 Å². The van der Waals surface area contributed by atoms with E-state index in [1.165, 1.54) is 0 Å². The van der Waals surface area contributed by atoms with Crippen LogP contribution in [0.15, 0.2) is 30.3 Å². The van der Waals surface area contributed by atoms with E-state index in [1.54, 1.807) is 0 Å². The summed E-state index contributed by atoms with van der Waals surface area (Å²) in [5.74, 6) is 0. The highest BCUT2D eigenvalue weighted by Crippen LogP contribution is 2.27. The highest BCUT2D eigenvalue weighted by atomic mass is 16.7. The summed E-state index contributed by atoms with van der Waals surface area (Å²) in [6, 6.07) is 9.14. The minimum Gasteiger partial charge on any atom is -0.393 e. The van der Waals surface area contributed by atoms with Gasteiger partial charge in [-0.15, -0.1) is 0 Å². The van der Waals surface area contributed by atoms with Crippen LogP contribution >= 0.6 is 0 Å². The summed E-state index contributed by atoms with van der Waals surface area (Å²) in [5, 5.41) is 59.4. The molecule has 0 radical (unpaired) electrons. The molecule has 28 heavy (non-hydrogen) atoms. The molecule has 0 spiro atoms. The molecule has 0 bridgehead atoms. The lowest BCUT2D eigenvalue weighted by Crippen LogP contribution is -2.59. The molecular formula is C18H26O10. The van der Waals surface area contributed by atoms with Crippen LogP contribution in [0.4, 0.5) is 0 Å². The zero-order chi connectivity index (χ0) is 20.3. The van der Waals surface area contributed by atoms with Crippen LogP contribution < -0.4 is 0 Å². The van der Waals surface area contributed by atoms with Crippen LogP contribution in [-0.4, -0.2) is 99.2 Å². The van der Waals surface area contributed by atoms with Gasteiger partial charge >= 0.3 is 0 Å². The van der Waals surface area contributed by atoms with Crippen LogP contribution in [-0.2, 0) is 25.6 Å². The van der Waals surface area contributed by atoms with E-state index >= 15 is 0 Å². The highest BCUT2D eigenvalue weighted by molar-refractivity contribution is 5.13. The second-order valence-corrected chi connectivity index (χ2v) is 7.03. The molecule has 158 valence electrons. The Labute approximate surface area is 161 Å². The summed E-state index contributed by atoms with van der Waals surface area (Å²) in [5.41, 5.74) is -1.01. The number of aliphatic hydroxyl groups excluding tert-OH is 5. The van der Waals surface area contributed by atoms with Crippen molar-refractivity contribution >= 4 is 0 Å².